The van der Waals surface area contributed by atoms with Crippen molar-refractivity contribution < 1.29 is 57.8 Å². The maximum absolute atomic E-state index is 12.8. The largest absolute Gasteiger partial charge is 0.493 e. The smallest absolute Gasteiger partial charge is 0.341 e. The van der Waals surface area contributed by atoms with Gasteiger partial charge in [-0.3, -0.25) is 14.0 Å². The van der Waals surface area contributed by atoms with Gasteiger partial charge < -0.3 is 43.4 Å². The van der Waals surface area contributed by atoms with E-state index < -0.39 is 47.4 Å². The summed E-state index contributed by atoms with van der Waals surface area (Å²) in [7, 11) is 7.99. The third kappa shape index (κ3) is 13.8. The number of esters is 2. The van der Waals surface area contributed by atoms with E-state index in [2.05, 4.69) is 28.7 Å². The first-order valence-corrected chi connectivity index (χ1v) is 31.9. The normalized spacial score (nSPS) is 14.6. The molecule has 0 bridgehead atoms. The number of carboxylic acid groups (broad SMARTS) is 1. The van der Waals surface area contributed by atoms with Gasteiger partial charge >= 0.3 is 17.9 Å². The summed E-state index contributed by atoms with van der Waals surface area (Å²) in [4.78, 5) is 37.2. The Morgan fingerprint density at radius 3 is 1.17 bits per heavy atom. The van der Waals surface area contributed by atoms with Gasteiger partial charge in [0, 0.05) is 70.7 Å². The molecule has 2 N–H and O–H groups in total. The molecule has 9 heterocycles. The van der Waals surface area contributed by atoms with Crippen LogP contribution in [-0.4, -0.2) is 103 Å². The number of hydrogen-bond acceptors (Lipinski definition) is 17. The molecule has 6 aromatic heterocycles. The molecule has 21 heteroatoms. The summed E-state index contributed by atoms with van der Waals surface area (Å²) >= 11 is 4.77. The maximum atomic E-state index is 12.8. The zero-order chi connectivity index (χ0) is 62.6. The quantitative estimate of drug-likeness (QED) is 0.0970. The van der Waals surface area contributed by atoms with Crippen LogP contribution >= 0.6 is 34.0 Å². The van der Waals surface area contributed by atoms with Crippen LogP contribution in [0.25, 0.3) is 67.2 Å². The number of nitrogens with zero attached hydrogens (tertiary/aromatic N) is 6. The van der Waals surface area contributed by atoms with Crippen LogP contribution in [0, 0.1) is 0 Å². The predicted octanol–water partition coefficient (Wildman–Crippen LogP) is 13.6. The number of aromatic nitrogens is 6. The summed E-state index contributed by atoms with van der Waals surface area (Å²) in [6.07, 6.45) is 2.31. The van der Waals surface area contributed by atoms with Gasteiger partial charge in [-0.05, 0) is 184 Å². The molecule has 462 valence electrons. The Labute approximate surface area is 524 Å². The van der Waals surface area contributed by atoms with Crippen LogP contribution in [0.1, 0.15) is 113 Å². The van der Waals surface area contributed by atoms with E-state index in [9.17, 15) is 24.6 Å². The third-order valence-electron chi connectivity index (χ3n) is 15.0. The number of aryl methyl sites for hydroxylation is 6. The molecule has 88 heavy (non-hydrogen) atoms. The molecule has 3 aromatic carbocycles. The molecule has 0 saturated heterocycles. The fourth-order valence-electron chi connectivity index (χ4n) is 11.2. The van der Waals surface area contributed by atoms with Crippen molar-refractivity contribution in [2.45, 2.75) is 110 Å². The van der Waals surface area contributed by atoms with Crippen LogP contribution in [-0.2, 0) is 73.7 Å². The molecule has 0 saturated carbocycles. The third-order valence-corrected chi connectivity index (χ3v) is 17.1. The molecule has 18 nitrogen and oxygen atoms in total. The molecular formula is C67H74N6O12S3. The van der Waals surface area contributed by atoms with E-state index >= 15 is 0 Å². The average molecular weight is 1250 g/mol. The molecule has 3 aliphatic rings. The van der Waals surface area contributed by atoms with Gasteiger partial charge in [0.25, 0.3) is 0 Å². The van der Waals surface area contributed by atoms with E-state index in [0.29, 0.717) is 17.1 Å². The van der Waals surface area contributed by atoms with E-state index in [1.807, 2.05) is 130 Å². The molecule has 3 aliphatic heterocycles. The van der Waals surface area contributed by atoms with Gasteiger partial charge in [0.05, 0.1) is 62.3 Å². The fraction of sp³-hybridized carbons (Fsp3) is 0.373. The molecule has 0 fully saturated rings. The lowest BCUT2D eigenvalue weighted by molar-refractivity contribution is -0.165. The maximum Gasteiger partial charge on any atom is 0.341 e. The molecule has 9 aromatic rings. The minimum Gasteiger partial charge on any atom is -0.493 e. The van der Waals surface area contributed by atoms with E-state index in [1.54, 1.807) is 62.2 Å². The number of benzene rings is 3. The summed E-state index contributed by atoms with van der Waals surface area (Å²) in [5, 5.41) is 46.9. The van der Waals surface area contributed by atoms with E-state index in [1.165, 1.54) is 19.8 Å². The number of thiophene rings is 3. The Kier molecular flexibility index (Phi) is 19.2. The highest BCUT2D eigenvalue weighted by Gasteiger charge is 2.38. The van der Waals surface area contributed by atoms with Crippen LogP contribution < -0.4 is 14.2 Å². The lowest BCUT2D eigenvalue weighted by Crippen LogP contribution is -2.29. The minimum atomic E-state index is -1.41. The summed E-state index contributed by atoms with van der Waals surface area (Å²) in [5.74, 6) is 0.518. The number of carbonyl (C=O) groups is 3. The number of carbonyl (C=O) groups excluding carboxylic acids is 2. The van der Waals surface area contributed by atoms with Crippen molar-refractivity contribution >= 4 is 51.9 Å². The number of ether oxygens (including phenoxy) is 7. The van der Waals surface area contributed by atoms with Crippen molar-refractivity contribution in [1.82, 2.24) is 29.3 Å². The molecule has 0 aliphatic carbocycles. The molecule has 12 rings (SSSR count). The number of rotatable bonds is 14. The molecule has 0 spiro atoms. The highest BCUT2D eigenvalue weighted by atomic mass is 32.1. The van der Waals surface area contributed by atoms with Crippen molar-refractivity contribution in [2.24, 2.45) is 21.1 Å². The van der Waals surface area contributed by atoms with Gasteiger partial charge in [-0.15, -0.1) is 0 Å². The lowest BCUT2D eigenvalue weighted by Gasteiger charge is -2.27. The Bertz CT molecular complexity index is 3920. The van der Waals surface area contributed by atoms with Crippen LogP contribution in [0.4, 0.5) is 0 Å². The molecule has 0 radical (unpaired) electrons. The molecule has 3 unspecified atom stereocenters. The SMILES string of the molecule is COC(=O)C(O)c1c(-c2ccc3c(c2)CCCO3)c(-c2ccsc2)nn1C.COC(=O)C(OC(C)(C)C)c1c(-c2ccc3c(c2)CCCO3)c(-c2ccsc2)nn1C.Cn1nc(-c2ccsc2)c(-c2ccc3c(c2)CCCO3)c1C(OC(C)(C)C)C(=O)O. The van der Waals surface area contributed by atoms with Crippen molar-refractivity contribution in [2.75, 3.05) is 34.0 Å². The van der Waals surface area contributed by atoms with Crippen molar-refractivity contribution in [3.63, 3.8) is 0 Å². The average Bonchev–Trinajstić information content (AvgIpc) is 4.31. The summed E-state index contributed by atoms with van der Waals surface area (Å²) in [5.41, 5.74) is 14.3. The number of aliphatic hydroxyl groups is 1. The molecule has 0 amide bonds. The summed E-state index contributed by atoms with van der Waals surface area (Å²) < 4.78 is 44.3. The van der Waals surface area contributed by atoms with Crippen molar-refractivity contribution in [1.29, 1.82) is 0 Å². The molecular weight excluding hydrogens is 1180 g/mol. The topological polar surface area (TPSA) is 210 Å². The fourth-order valence-corrected chi connectivity index (χ4v) is 13.1. The number of fused-ring (bicyclic) bond motifs is 3. The Morgan fingerprint density at radius 1 is 0.500 bits per heavy atom. The second kappa shape index (κ2) is 26.8. The Balaban J connectivity index is 0.000000146. The van der Waals surface area contributed by atoms with Crippen LogP contribution in [0.5, 0.6) is 17.2 Å². The number of carboxylic acids is 1. The number of aliphatic carboxylic acids is 1. The molecule has 3 atom stereocenters. The van der Waals surface area contributed by atoms with Gasteiger partial charge in [-0.2, -0.15) is 49.3 Å². The van der Waals surface area contributed by atoms with Gasteiger partial charge in [-0.1, -0.05) is 18.2 Å². The highest BCUT2D eigenvalue weighted by molar-refractivity contribution is 7.08. The van der Waals surface area contributed by atoms with E-state index in [-0.39, 0.29) is 0 Å². The van der Waals surface area contributed by atoms with Crippen molar-refractivity contribution in [3.8, 4) is 84.4 Å². The highest BCUT2D eigenvalue weighted by Crippen LogP contribution is 2.45. The van der Waals surface area contributed by atoms with Gasteiger partial charge in [-0.25, -0.2) is 14.4 Å². The van der Waals surface area contributed by atoms with E-state index in [4.69, 9.17) is 43.4 Å². The zero-order valence-corrected chi connectivity index (χ0v) is 53.8. The summed E-state index contributed by atoms with van der Waals surface area (Å²) in [6, 6.07) is 24.2. The first-order valence-electron chi connectivity index (χ1n) is 29.1. The number of aliphatic hydroxyl groups excluding tert-OH is 1. The summed E-state index contributed by atoms with van der Waals surface area (Å²) in [6.45, 7) is 13.5. The second-order valence-corrected chi connectivity index (χ2v) is 25.9. The first kappa shape index (κ1) is 63.1. The lowest BCUT2D eigenvalue weighted by atomic mass is 9.94. The number of methoxy groups -OCH3 is 2. The van der Waals surface area contributed by atoms with Gasteiger partial charge in [0.2, 0.25) is 0 Å². The van der Waals surface area contributed by atoms with Gasteiger partial charge in [0.15, 0.2) is 18.3 Å². The van der Waals surface area contributed by atoms with Crippen LogP contribution in [0.3, 0.4) is 0 Å². The first-order chi connectivity index (χ1) is 42.1. The van der Waals surface area contributed by atoms with Gasteiger partial charge in [0.1, 0.15) is 34.3 Å². The predicted molar refractivity (Wildman–Crippen MR) is 341 cm³/mol. The minimum absolute atomic E-state index is 0.416. The Hall–Kier alpha value is -7.92. The zero-order valence-electron chi connectivity index (χ0n) is 51.4. The Morgan fingerprint density at radius 2 is 0.841 bits per heavy atom. The number of hydrogen-bond donors (Lipinski definition) is 2. The van der Waals surface area contributed by atoms with Crippen LogP contribution in [0.2, 0.25) is 0 Å². The van der Waals surface area contributed by atoms with Crippen molar-refractivity contribution in [3.05, 3.63) is 139 Å². The van der Waals surface area contributed by atoms with Crippen LogP contribution in [0.15, 0.2) is 105 Å². The monoisotopic (exact) mass is 1250 g/mol. The standard InChI is InChI=1S/C24H28N2O4S.C23H26N2O4S.C20H20N2O4S/c1-24(2,3)30-22(23(27)28-5)21-19(20(25-26(21)4)17-10-12-31-14-17)16-8-9-18-15(13-16)7-6-11-29-18;1-23(2,3)29-21(22(26)27)20-18(19(24-25(20)4)16-9-11-30-13-16)15-7-8-17-14(12-15)6-5-10-28-17;1-22-18(19(23)20(24)25-2)16(17(21-22)14-7-9-27-11-14)13-5-6-15-12(10-13)4-3-8-26-15/h8-10,12-14,22H,6-7,11H2,1-5H3;7-9,11-13,21H,5-6,10H2,1-4H3,(H,26,27);5-7,9-11,19,23H,3-4,8H2,1-2H3. The second-order valence-electron chi connectivity index (χ2n) is 23.6. The van der Waals surface area contributed by atoms with E-state index in [0.717, 1.165) is 154 Å².